The van der Waals surface area contributed by atoms with Crippen molar-refractivity contribution in [1.82, 2.24) is 21.2 Å². The van der Waals surface area contributed by atoms with Crippen molar-refractivity contribution in [1.29, 1.82) is 0 Å². The lowest BCUT2D eigenvalue weighted by atomic mass is 10.4. The van der Waals surface area contributed by atoms with E-state index in [2.05, 4.69) is 26.1 Å². The van der Waals surface area contributed by atoms with Gasteiger partial charge in [-0.15, -0.1) is 11.3 Å². The molecule has 2 heterocycles. The first-order chi connectivity index (χ1) is 9.70. The topological polar surface area (TPSA) is 78.5 Å². The minimum Gasteiger partial charge on any atom is -0.378 e. The maximum atomic E-state index is 11.9. The number of nitrogens with zero attached hydrogens (tertiary/aromatic N) is 2. The lowest BCUT2D eigenvalue weighted by molar-refractivity contribution is 0.0939. The molecule has 1 aromatic rings. The summed E-state index contributed by atoms with van der Waals surface area (Å²) in [5.74, 6) is -0.305. The molecule has 1 fully saturated rings. The standard InChI is InChI=1S/C11H17N5O2S2/c1-2-12-10(19)15-14-9(17)8-7-20-11(13-8)16-3-5-18-6-4-16/h7H,2-6H2,1H3,(H,14,17)(H2,12,15,19). The van der Waals surface area contributed by atoms with Crippen LogP contribution in [0.4, 0.5) is 5.13 Å². The van der Waals surface area contributed by atoms with E-state index in [1.54, 1.807) is 5.38 Å². The quantitative estimate of drug-likeness (QED) is 0.540. The van der Waals surface area contributed by atoms with Gasteiger partial charge in [-0.3, -0.25) is 15.6 Å². The smallest absolute Gasteiger partial charge is 0.289 e. The number of thiocarbonyl (C=S) groups is 1. The van der Waals surface area contributed by atoms with Crippen molar-refractivity contribution in [2.45, 2.75) is 6.92 Å². The van der Waals surface area contributed by atoms with Crippen LogP contribution < -0.4 is 21.1 Å². The highest BCUT2D eigenvalue weighted by Crippen LogP contribution is 2.21. The van der Waals surface area contributed by atoms with Crippen LogP contribution in [0.1, 0.15) is 17.4 Å². The van der Waals surface area contributed by atoms with Gasteiger partial charge in [0.05, 0.1) is 13.2 Å². The summed E-state index contributed by atoms with van der Waals surface area (Å²) in [6.45, 7) is 5.61. The maximum absolute atomic E-state index is 11.9. The van der Waals surface area contributed by atoms with E-state index in [1.807, 2.05) is 6.92 Å². The summed E-state index contributed by atoms with van der Waals surface area (Å²) in [4.78, 5) is 18.3. The number of hydrazine groups is 1. The number of morpholine rings is 1. The second-order valence-electron chi connectivity index (χ2n) is 4.05. The zero-order chi connectivity index (χ0) is 14.4. The van der Waals surface area contributed by atoms with Gasteiger partial charge in [-0.25, -0.2) is 4.98 Å². The zero-order valence-corrected chi connectivity index (χ0v) is 12.8. The molecule has 3 N–H and O–H groups in total. The van der Waals surface area contributed by atoms with Gasteiger partial charge < -0.3 is 15.0 Å². The monoisotopic (exact) mass is 315 g/mol. The largest absolute Gasteiger partial charge is 0.378 e. The van der Waals surface area contributed by atoms with Crippen molar-refractivity contribution >= 4 is 39.7 Å². The molecule has 1 aliphatic heterocycles. The summed E-state index contributed by atoms with van der Waals surface area (Å²) in [6.07, 6.45) is 0. The second-order valence-corrected chi connectivity index (χ2v) is 5.30. The van der Waals surface area contributed by atoms with E-state index in [9.17, 15) is 4.79 Å². The average molecular weight is 315 g/mol. The molecule has 0 unspecified atom stereocenters. The van der Waals surface area contributed by atoms with Gasteiger partial charge in [-0.2, -0.15) is 0 Å². The van der Waals surface area contributed by atoms with E-state index in [-0.39, 0.29) is 5.91 Å². The third-order valence-corrected chi connectivity index (χ3v) is 3.78. The molecular weight excluding hydrogens is 298 g/mol. The molecule has 1 saturated heterocycles. The third kappa shape index (κ3) is 4.02. The van der Waals surface area contributed by atoms with Crippen molar-refractivity contribution in [2.24, 2.45) is 0 Å². The fourth-order valence-corrected chi connectivity index (χ4v) is 2.71. The van der Waals surface area contributed by atoms with Crippen LogP contribution in [0.3, 0.4) is 0 Å². The van der Waals surface area contributed by atoms with E-state index >= 15 is 0 Å². The molecule has 0 saturated carbocycles. The van der Waals surface area contributed by atoms with Crippen LogP contribution in [-0.2, 0) is 4.74 Å². The number of anilines is 1. The number of thiazole rings is 1. The Balaban J connectivity index is 1.87. The third-order valence-electron chi connectivity index (χ3n) is 2.63. The van der Waals surface area contributed by atoms with Crippen LogP contribution in [-0.4, -0.2) is 48.9 Å². The number of hydrogen-bond acceptors (Lipinski definition) is 6. The summed E-state index contributed by atoms with van der Waals surface area (Å²) < 4.78 is 5.29. The highest BCUT2D eigenvalue weighted by Gasteiger charge is 2.17. The van der Waals surface area contributed by atoms with Crippen molar-refractivity contribution in [3.05, 3.63) is 11.1 Å². The molecule has 9 heteroatoms. The van der Waals surface area contributed by atoms with Gasteiger partial charge in [0.1, 0.15) is 5.69 Å². The fourth-order valence-electron chi connectivity index (χ4n) is 1.65. The number of ether oxygens (including phenoxy) is 1. The van der Waals surface area contributed by atoms with Crippen LogP contribution >= 0.6 is 23.6 Å². The predicted molar refractivity (Wildman–Crippen MR) is 82.0 cm³/mol. The van der Waals surface area contributed by atoms with Crippen molar-refractivity contribution in [3.8, 4) is 0 Å². The lowest BCUT2D eigenvalue weighted by Gasteiger charge is -2.25. The molecule has 0 spiro atoms. The molecule has 0 bridgehead atoms. The number of rotatable bonds is 3. The van der Waals surface area contributed by atoms with Crippen LogP contribution in [0, 0.1) is 0 Å². The van der Waals surface area contributed by atoms with Gasteiger partial charge in [0.2, 0.25) is 0 Å². The van der Waals surface area contributed by atoms with Gasteiger partial charge >= 0.3 is 0 Å². The number of nitrogens with one attached hydrogen (secondary N) is 3. The van der Waals surface area contributed by atoms with Crippen molar-refractivity contribution < 1.29 is 9.53 Å². The first-order valence-electron chi connectivity index (χ1n) is 6.33. The van der Waals surface area contributed by atoms with Crippen LogP contribution in [0.5, 0.6) is 0 Å². The van der Waals surface area contributed by atoms with Gasteiger partial charge in [-0.1, -0.05) is 0 Å². The molecule has 20 heavy (non-hydrogen) atoms. The minimum absolute atomic E-state index is 0.305. The number of carbonyl (C=O) groups is 1. The molecule has 0 aliphatic carbocycles. The summed E-state index contributed by atoms with van der Waals surface area (Å²) in [5, 5.41) is 5.83. The Bertz CT molecular complexity index is 473. The number of hydrogen-bond donors (Lipinski definition) is 3. The molecule has 0 radical (unpaired) electrons. The first kappa shape index (κ1) is 14.9. The fraction of sp³-hybridized carbons (Fsp3) is 0.545. The van der Waals surface area contributed by atoms with Crippen molar-refractivity contribution in [2.75, 3.05) is 37.7 Å². The molecule has 7 nitrogen and oxygen atoms in total. The van der Waals surface area contributed by atoms with E-state index in [4.69, 9.17) is 17.0 Å². The number of aromatic nitrogens is 1. The Labute approximate surface area is 126 Å². The highest BCUT2D eigenvalue weighted by atomic mass is 32.1. The van der Waals surface area contributed by atoms with Crippen LogP contribution in [0.2, 0.25) is 0 Å². The SMILES string of the molecule is CCNC(=S)NNC(=O)c1csc(N2CCOCC2)n1. The molecule has 1 aromatic heterocycles. The molecule has 0 atom stereocenters. The number of carbonyl (C=O) groups excluding carboxylic acids is 1. The summed E-state index contributed by atoms with van der Waals surface area (Å²) >= 11 is 6.40. The highest BCUT2D eigenvalue weighted by molar-refractivity contribution is 7.80. The Morgan fingerprint density at radius 3 is 2.95 bits per heavy atom. The summed E-state index contributed by atoms with van der Waals surface area (Å²) in [5.41, 5.74) is 5.51. The first-order valence-corrected chi connectivity index (χ1v) is 7.62. The molecule has 1 amide bonds. The number of amides is 1. The zero-order valence-electron chi connectivity index (χ0n) is 11.1. The predicted octanol–water partition coefficient (Wildman–Crippen LogP) is 0.109. The van der Waals surface area contributed by atoms with Gasteiger partial charge in [0.25, 0.3) is 5.91 Å². The second kappa shape index (κ2) is 7.36. The van der Waals surface area contributed by atoms with Crippen LogP contribution in [0.25, 0.3) is 0 Å². The van der Waals surface area contributed by atoms with Crippen LogP contribution in [0.15, 0.2) is 5.38 Å². The average Bonchev–Trinajstić information content (AvgIpc) is 2.96. The van der Waals surface area contributed by atoms with E-state index in [1.165, 1.54) is 11.3 Å². The van der Waals surface area contributed by atoms with Gasteiger partial charge in [-0.05, 0) is 19.1 Å². The Kier molecular flexibility index (Phi) is 5.50. The molecule has 0 aromatic carbocycles. The normalized spacial score (nSPS) is 14.8. The maximum Gasteiger partial charge on any atom is 0.289 e. The molecule has 2 rings (SSSR count). The Hall–Kier alpha value is -1.45. The molecule has 110 valence electrons. The van der Waals surface area contributed by atoms with E-state index in [0.717, 1.165) is 18.2 Å². The van der Waals surface area contributed by atoms with E-state index < -0.39 is 0 Å². The van der Waals surface area contributed by atoms with Crippen molar-refractivity contribution in [3.63, 3.8) is 0 Å². The van der Waals surface area contributed by atoms with E-state index in [0.29, 0.717) is 30.6 Å². The Morgan fingerprint density at radius 2 is 2.25 bits per heavy atom. The lowest BCUT2D eigenvalue weighted by Crippen LogP contribution is -2.46. The summed E-state index contributed by atoms with van der Waals surface area (Å²) in [7, 11) is 0. The van der Waals surface area contributed by atoms with Gasteiger partial charge in [0.15, 0.2) is 10.2 Å². The Morgan fingerprint density at radius 1 is 1.50 bits per heavy atom. The molecule has 1 aliphatic rings. The van der Waals surface area contributed by atoms with Gasteiger partial charge in [0, 0.05) is 25.0 Å². The minimum atomic E-state index is -0.305. The summed E-state index contributed by atoms with van der Waals surface area (Å²) in [6, 6.07) is 0. The molecular formula is C11H17N5O2S2.